The molecule has 142 valence electrons. The second-order valence-corrected chi connectivity index (χ2v) is 6.51. The van der Waals surface area contributed by atoms with Gasteiger partial charge < -0.3 is 9.47 Å². The topological polar surface area (TPSA) is 35.5 Å². The van der Waals surface area contributed by atoms with Crippen LogP contribution in [0.25, 0.3) is 12.2 Å². The Morgan fingerprint density at radius 1 is 0.963 bits per heavy atom. The van der Waals surface area contributed by atoms with Crippen molar-refractivity contribution in [3.05, 3.63) is 77.4 Å². The van der Waals surface area contributed by atoms with Crippen molar-refractivity contribution in [3.8, 4) is 5.75 Å². The number of benzene rings is 2. The lowest BCUT2D eigenvalue weighted by Gasteiger charge is -2.07. The number of hydrogen-bond acceptors (Lipinski definition) is 3. The maximum atomic E-state index is 11.3. The van der Waals surface area contributed by atoms with Gasteiger partial charge in [-0.15, -0.1) is 0 Å². The summed E-state index contributed by atoms with van der Waals surface area (Å²) < 4.78 is 10.6. The highest BCUT2D eigenvalue weighted by atomic mass is 16.6. The van der Waals surface area contributed by atoms with Gasteiger partial charge in [0.25, 0.3) is 0 Å². The zero-order chi connectivity index (χ0) is 19.5. The van der Waals surface area contributed by atoms with E-state index in [-0.39, 0.29) is 6.61 Å². The predicted molar refractivity (Wildman–Crippen MR) is 112 cm³/mol. The number of hydrogen-bond donors (Lipinski definition) is 0. The average Bonchev–Trinajstić information content (AvgIpc) is 2.69. The second-order valence-electron chi connectivity index (χ2n) is 6.51. The monoisotopic (exact) mass is 364 g/mol. The van der Waals surface area contributed by atoms with Crippen molar-refractivity contribution in [1.82, 2.24) is 0 Å². The molecular weight excluding hydrogens is 336 g/mol. The molecule has 0 unspecified atom stereocenters. The largest absolute Gasteiger partial charge is 0.490 e. The van der Waals surface area contributed by atoms with Gasteiger partial charge in [-0.25, -0.2) is 4.79 Å². The Morgan fingerprint density at radius 3 is 2.11 bits per heavy atom. The zero-order valence-electron chi connectivity index (χ0n) is 16.2. The van der Waals surface area contributed by atoms with Gasteiger partial charge in [-0.3, -0.25) is 0 Å². The van der Waals surface area contributed by atoms with Crippen molar-refractivity contribution in [2.24, 2.45) is 0 Å². The van der Waals surface area contributed by atoms with E-state index >= 15 is 0 Å². The number of carbonyl (C=O) groups excluding carboxylic acids is 1. The minimum Gasteiger partial charge on any atom is -0.490 e. The van der Waals surface area contributed by atoms with Gasteiger partial charge in [-0.1, -0.05) is 68.5 Å². The molecule has 0 spiro atoms. The van der Waals surface area contributed by atoms with Crippen LogP contribution < -0.4 is 4.74 Å². The number of ether oxygens (including phenoxy) is 2. The van der Waals surface area contributed by atoms with Crippen molar-refractivity contribution in [2.75, 3.05) is 13.2 Å². The third-order valence-corrected chi connectivity index (χ3v) is 4.08. The smallest absolute Gasteiger partial charge is 0.333 e. The number of esters is 1. The summed E-state index contributed by atoms with van der Waals surface area (Å²) in [5.74, 6) is 0.358. The van der Waals surface area contributed by atoms with E-state index in [9.17, 15) is 4.79 Å². The highest BCUT2D eigenvalue weighted by Gasteiger charge is 2.02. The molecule has 0 atom stereocenters. The summed E-state index contributed by atoms with van der Waals surface area (Å²) >= 11 is 0. The summed E-state index contributed by atoms with van der Waals surface area (Å²) in [6.07, 6.45) is 7.80. The number of unbranched alkanes of at least 4 members (excludes halogenated alkanes) is 1. The Morgan fingerprint density at radius 2 is 1.56 bits per heavy atom. The quantitative estimate of drug-likeness (QED) is 0.235. The summed E-state index contributed by atoms with van der Waals surface area (Å²) in [5, 5.41) is 0. The predicted octanol–water partition coefficient (Wildman–Crippen LogP) is 5.70. The molecule has 0 radical (unpaired) electrons. The standard InChI is InChI=1S/C24H28O3/c1-4-5-6-20-7-9-21(10-8-20)11-12-22-13-15-23(16-14-22)26-17-18-27-24(25)19(2)3/h7-16H,2,4-6,17-18H2,1,3H3/b12-11+. The molecule has 0 aromatic heterocycles. The maximum absolute atomic E-state index is 11.3. The first-order valence-corrected chi connectivity index (χ1v) is 9.41. The van der Waals surface area contributed by atoms with Gasteiger partial charge in [-0.2, -0.15) is 0 Å². The first-order chi connectivity index (χ1) is 13.1. The molecule has 0 aliphatic rings. The minimum absolute atomic E-state index is 0.210. The van der Waals surface area contributed by atoms with Gasteiger partial charge >= 0.3 is 5.97 Å². The summed E-state index contributed by atoms with van der Waals surface area (Å²) in [6, 6.07) is 16.5. The van der Waals surface area contributed by atoms with E-state index < -0.39 is 5.97 Å². The fourth-order valence-corrected chi connectivity index (χ4v) is 2.46. The van der Waals surface area contributed by atoms with Gasteiger partial charge in [0.05, 0.1) is 0 Å². The van der Waals surface area contributed by atoms with Gasteiger partial charge in [0.15, 0.2) is 0 Å². The number of rotatable bonds is 10. The molecule has 0 fully saturated rings. The van der Waals surface area contributed by atoms with Crippen LogP contribution in [0.5, 0.6) is 5.75 Å². The molecule has 2 aromatic carbocycles. The Bertz CT molecular complexity index is 755. The second kappa shape index (κ2) is 11.0. The molecule has 0 bridgehead atoms. The molecule has 0 saturated heterocycles. The van der Waals surface area contributed by atoms with E-state index in [1.165, 1.54) is 24.0 Å². The van der Waals surface area contributed by atoms with Gasteiger partial charge in [0, 0.05) is 5.57 Å². The van der Waals surface area contributed by atoms with Crippen LogP contribution in [0, 0.1) is 0 Å². The third kappa shape index (κ3) is 7.53. The van der Waals surface area contributed by atoms with Crippen molar-refractivity contribution >= 4 is 18.1 Å². The molecule has 0 heterocycles. The lowest BCUT2D eigenvalue weighted by atomic mass is 10.1. The van der Waals surface area contributed by atoms with Crippen molar-refractivity contribution in [2.45, 2.75) is 33.1 Å². The SMILES string of the molecule is C=C(C)C(=O)OCCOc1ccc(/C=C/c2ccc(CCCC)cc2)cc1. The number of carbonyl (C=O) groups is 1. The summed E-state index contributed by atoms with van der Waals surface area (Å²) in [7, 11) is 0. The Labute approximate surface area is 162 Å². The van der Waals surface area contributed by atoms with Crippen LogP contribution in [0.3, 0.4) is 0 Å². The fraction of sp³-hybridized carbons (Fsp3) is 0.292. The Hall–Kier alpha value is -2.81. The van der Waals surface area contributed by atoms with E-state index in [0.29, 0.717) is 12.2 Å². The molecule has 0 N–H and O–H groups in total. The molecule has 2 rings (SSSR count). The lowest BCUT2D eigenvalue weighted by Crippen LogP contribution is -2.12. The molecule has 0 saturated carbocycles. The molecule has 0 aliphatic carbocycles. The van der Waals surface area contributed by atoms with Crippen molar-refractivity contribution in [3.63, 3.8) is 0 Å². The summed E-state index contributed by atoms with van der Waals surface area (Å²) in [6.45, 7) is 7.90. The van der Waals surface area contributed by atoms with Crippen LogP contribution in [0.2, 0.25) is 0 Å². The highest BCUT2D eigenvalue weighted by molar-refractivity contribution is 5.86. The lowest BCUT2D eigenvalue weighted by molar-refractivity contribution is -0.139. The normalized spacial score (nSPS) is 10.7. The maximum Gasteiger partial charge on any atom is 0.333 e. The molecule has 2 aromatic rings. The molecule has 3 nitrogen and oxygen atoms in total. The number of aryl methyl sites for hydroxylation is 1. The summed E-state index contributed by atoms with van der Waals surface area (Å²) in [5.41, 5.74) is 4.08. The van der Waals surface area contributed by atoms with Crippen molar-refractivity contribution in [1.29, 1.82) is 0 Å². The third-order valence-electron chi connectivity index (χ3n) is 4.08. The summed E-state index contributed by atoms with van der Waals surface area (Å²) in [4.78, 5) is 11.3. The molecule has 3 heteroatoms. The Kier molecular flexibility index (Phi) is 8.37. The first-order valence-electron chi connectivity index (χ1n) is 9.41. The van der Waals surface area contributed by atoms with Crippen LogP contribution in [-0.2, 0) is 16.0 Å². The van der Waals surface area contributed by atoms with Gasteiger partial charge in [0.1, 0.15) is 19.0 Å². The van der Waals surface area contributed by atoms with E-state index in [4.69, 9.17) is 9.47 Å². The van der Waals surface area contributed by atoms with E-state index in [0.717, 1.165) is 17.7 Å². The van der Waals surface area contributed by atoms with E-state index in [1.807, 2.05) is 24.3 Å². The van der Waals surface area contributed by atoms with Crippen LogP contribution in [0.1, 0.15) is 43.4 Å². The van der Waals surface area contributed by atoms with Crippen LogP contribution in [0.15, 0.2) is 60.7 Å². The average molecular weight is 364 g/mol. The van der Waals surface area contributed by atoms with Crippen LogP contribution in [-0.4, -0.2) is 19.2 Å². The molecule has 0 aliphatic heterocycles. The zero-order valence-corrected chi connectivity index (χ0v) is 16.2. The Balaban J connectivity index is 1.80. The fourth-order valence-electron chi connectivity index (χ4n) is 2.46. The molecule has 0 amide bonds. The molecule has 27 heavy (non-hydrogen) atoms. The highest BCUT2D eigenvalue weighted by Crippen LogP contribution is 2.15. The van der Waals surface area contributed by atoms with Crippen molar-refractivity contribution < 1.29 is 14.3 Å². The van der Waals surface area contributed by atoms with E-state index in [1.54, 1.807) is 6.92 Å². The van der Waals surface area contributed by atoms with E-state index in [2.05, 4.69) is 49.9 Å². The first kappa shape index (κ1) is 20.5. The van der Waals surface area contributed by atoms with Gasteiger partial charge in [0.2, 0.25) is 0 Å². The minimum atomic E-state index is -0.391. The van der Waals surface area contributed by atoms with Gasteiger partial charge in [-0.05, 0) is 48.6 Å². The van der Waals surface area contributed by atoms with Crippen LogP contribution in [0.4, 0.5) is 0 Å². The van der Waals surface area contributed by atoms with Crippen LogP contribution >= 0.6 is 0 Å². The molecular formula is C24H28O3.